The van der Waals surface area contributed by atoms with E-state index >= 15 is 0 Å². The zero-order valence-electron chi connectivity index (χ0n) is 9.51. The van der Waals surface area contributed by atoms with E-state index in [-0.39, 0.29) is 16.8 Å². The zero-order valence-corrected chi connectivity index (χ0v) is 11.1. The summed E-state index contributed by atoms with van der Waals surface area (Å²) in [7, 11) is 2.82. The highest BCUT2D eigenvalue weighted by atomic mass is 35.7. The largest absolute Gasteiger partial charge is 0.469 e. The molecular weight excluding hydrogens is 264 g/mol. The number of carbonyl (C=O) groups excluding carboxylic acids is 1. The van der Waals surface area contributed by atoms with Gasteiger partial charge in [-0.15, -0.1) is 0 Å². The highest BCUT2D eigenvalue weighted by molar-refractivity contribution is 8.13. The summed E-state index contributed by atoms with van der Waals surface area (Å²) >= 11 is 0. The lowest BCUT2D eigenvalue weighted by Crippen LogP contribution is -2.15. The Bertz CT molecular complexity index is 510. The minimum absolute atomic E-state index is 0.0359. The quantitative estimate of drug-likeness (QED) is 0.623. The highest BCUT2D eigenvalue weighted by Gasteiger charge is 2.15. The van der Waals surface area contributed by atoms with Crippen LogP contribution in [0.3, 0.4) is 0 Å². The van der Waals surface area contributed by atoms with Gasteiger partial charge in [0.15, 0.2) is 0 Å². The molecule has 0 N–H and O–H groups in total. The lowest BCUT2D eigenvalue weighted by Gasteiger charge is -2.09. The Labute approximate surface area is 105 Å². The number of esters is 1. The molecule has 4 nitrogen and oxygen atoms in total. The van der Waals surface area contributed by atoms with E-state index in [9.17, 15) is 13.2 Å². The van der Waals surface area contributed by atoms with Crippen LogP contribution in [0.4, 0.5) is 0 Å². The molecule has 0 heterocycles. The lowest BCUT2D eigenvalue weighted by atomic mass is 10.0. The standard InChI is InChI=1S/C11H13ClO4S/c1-8(11(13)16-2)6-9-4-3-5-10(7-9)17(12,14)15/h3-5,7-8H,6H2,1-2H3/t8-/m0/s1. The van der Waals surface area contributed by atoms with Crippen LogP contribution in [0.25, 0.3) is 0 Å². The Morgan fingerprint density at radius 3 is 2.65 bits per heavy atom. The number of methoxy groups -OCH3 is 1. The summed E-state index contributed by atoms with van der Waals surface area (Å²) in [5.41, 5.74) is 0.727. The maximum atomic E-state index is 11.2. The first kappa shape index (κ1) is 14.0. The van der Waals surface area contributed by atoms with Gasteiger partial charge >= 0.3 is 5.97 Å². The van der Waals surface area contributed by atoms with Crippen LogP contribution in [0.2, 0.25) is 0 Å². The van der Waals surface area contributed by atoms with Crippen LogP contribution >= 0.6 is 10.7 Å². The first-order valence-electron chi connectivity index (χ1n) is 4.96. The van der Waals surface area contributed by atoms with Gasteiger partial charge < -0.3 is 4.74 Å². The average Bonchev–Trinajstić information content (AvgIpc) is 2.27. The minimum atomic E-state index is -3.73. The molecule has 1 aromatic carbocycles. The fourth-order valence-electron chi connectivity index (χ4n) is 1.46. The van der Waals surface area contributed by atoms with Crippen LogP contribution in [0.1, 0.15) is 12.5 Å². The zero-order chi connectivity index (χ0) is 13.1. The van der Waals surface area contributed by atoms with Crippen molar-refractivity contribution in [3.63, 3.8) is 0 Å². The predicted octanol–water partition coefficient (Wildman–Crippen LogP) is 1.97. The highest BCUT2D eigenvalue weighted by Crippen LogP contribution is 2.18. The number of carbonyl (C=O) groups is 1. The topological polar surface area (TPSA) is 60.4 Å². The van der Waals surface area contributed by atoms with Gasteiger partial charge in [0.1, 0.15) is 0 Å². The van der Waals surface area contributed by atoms with Gasteiger partial charge in [0.2, 0.25) is 0 Å². The molecule has 94 valence electrons. The van der Waals surface area contributed by atoms with Crippen LogP contribution < -0.4 is 0 Å². The van der Waals surface area contributed by atoms with Crippen molar-refractivity contribution < 1.29 is 17.9 Å². The van der Waals surface area contributed by atoms with Crippen LogP contribution in [-0.4, -0.2) is 21.5 Å². The van der Waals surface area contributed by atoms with Gasteiger partial charge in [0, 0.05) is 10.7 Å². The lowest BCUT2D eigenvalue weighted by molar-refractivity contribution is -0.144. The van der Waals surface area contributed by atoms with Crippen molar-refractivity contribution in [3.05, 3.63) is 29.8 Å². The molecule has 0 aliphatic rings. The van der Waals surface area contributed by atoms with Crippen molar-refractivity contribution in [1.82, 2.24) is 0 Å². The molecule has 0 spiro atoms. The summed E-state index contributed by atoms with van der Waals surface area (Å²) in [5.74, 6) is -0.655. The minimum Gasteiger partial charge on any atom is -0.469 e. The Morgan fingerprint density at radius 1 is 1.47 bits per heavy atom. The second kappa shape index (κ2) is 5.51. The molecule has 1 rings (SSSR count). The molecule has 0 amide bonds. The van der Waals surface area contributed by atoms with E-state index in [4.69, 9.17) is 10.7 Å². The Kier molecular flexibility index (Phi) is 4.54. The number of hydrogen-bond donors (Lipinski definition) is 0. The summed E-state index contributed by atoms with van der Waals surface area (Å²) in [5, 5.41) is 0. The van der Waals surface area contributed by atoms with Crippen molar-refractivity contribution in [2.45, 2.75) is 18.2 Å². The molecule has 0 fully saturated rings. The number of benzene rings is 1. The molecule has 17 heavy (non-hydrogen) atoms. The Morgan fingerprint density at radius 2 is 2.12 bits per heavy atom. The monoisotopic (exact) mass is 276 g/mol. The SMILES string of the molecule is COC(=O)[C@@H](C)Cc1cccc(S(=O)(=O)Cl)c1. The summed E-state index contributed by atoms with van der Waals surface area (Å²) < 4.78 is 26.9. The summed E-state index contributed by atoms with van der Waals surface area (Å²) in [6.45, 7) is 1.72. The molecule has 1 atom stereocenters. The summed E-state index contributed by atoms with van der Waals surface area (Å²) in [4.78, 5) is 11.3. The Balaban J connectivity index is 2.90. The van der Waals surface area contributed by atoms with Gasteiger partial charge in [-0.3, -0.25) is 4.79 Å². The average molecular weight is 277 g/mol. The van der Waals surface area contributed by atoms with Crippen molar-refractivity contribution in [1.29, 1.82) is 0 Å². The van der Waals surface area contributed by atoms with E-state index in [0.29, 0.717) is 6.42 Å². The molecule has 0 saturated heterocycles. The Hall–Kier alpha value is -1.07. The second-order valence-electron chi connectivity index (χ2n) is 3.71. The first-order valence-corrected chi connectivity index (χ1v) is 7.27. The predicted molar refractivity (Wildman–Crippen MR) is 64.4 cm³/mol. The number of rotatable bonds is 4. The maximum Gasteiger partial charge on any atom is 0.308 e. The summed E-state index contributed by atoms with van der Waals surface area (Å²) in [6, 6.07) is 6.20. The van der Waals surface area contributed by atoms with E-state index < -0.39 is 9.05 Å². The van der Waals surface area contributed by atoms with Crippen LogP contribution in [0.5, 0.6) is 0 Å². The van der Waals surface area contributed by atoms with Crippen molar-refractivity contribution in [2.24, 2.45) is 5.92 Å². The summed E-state index contributed by atoms with van der Waals surface area (Å²) in [6.07, 6.45) is 0.410. The van der Waals surface area contributed by atoms with Crippen molar-refractivity contribution in [2.75, 3.05) is 7.11 Å². The molecule has 0 unspecified atom stereocenters. The maximum absolute atomic E-state index is 11.2. The molecule has 0 bridgehead atoms. The fourth-order valence-corrected chi connectivity index (χ4v) is 2.28. The van der Waals surface area contributed by atoms with E-state index in [1.807, 2.05) is 0 Å². The second-order valence-corrected chi connectivity index (χ2v) is 6.28. The van der Waals surface area contributed by atoms with E-state index in [2.05, 4.69) is 4.74 Å². The van der Waals surface area contributed by atoms with Gasteiger partial charge in [-0.25, -0.2) is 8.42 Å². The molecule has 1 aromatic rings. The smallest absolute Gasteiger partial charge is 0.308 e. The van der Waals surface area contributed by atoms with E-state index in [1.165, 1.54) is 19.2 Å². The van der Waals surface area contributed by atoms with Gasteiger partial charge in [-0.05, 0) is 24.1 Å². The number of halogens is 1. The molecule has 0 aromatic heterocycles. The third-order valence-corrected chi connectivity index (χ3v) is 3.68. The molecule has 6 heteroatoms. The number of ether oxygens (including phenoxy) is 1. The van der Waals surface area contributed by atoms with Crippen LogP contribution in [-0.2, 0) is 25.0 Å². The van der Waals surface area contributed by atoms with Crippen LogP contribution in [0.15, 0.2) is 29.2 Å². The van der Waals surface area contributed by atoms with Gasteiger partial charge in [0.25, 0.3) is 9.05 Å². The molecule has 0 aliphatic carbocycles. The molecule has 0 aliphatic heterocycles. The fraction of sp³-hybridized carbons (Fsp3) is 0.364. The van der Waals surface area contributed by atoms with E-state index in [1.54, 1.807) is 19.1 Å². The van der Waals surface area contributed by atoms with Gasteiger partial charge in [-0.2, -0.15) is 0 Å². The first-order chi connectivity index (χ1) is 7.84. The normalized spacial score (nSPS) is 13.1. The van der Waals surface area contributed by atoms with Crippen LogP contribution in [0, 0.1) is 5.92 Å². The van der Waals surface area contributed by atoms with Crippen molar-refractivity contribution >= 4 is 25.7 Å². The molecular formula is C11H13ClO4S. The molecule has 0 radical (unpaired) electrons. The third-order valence-electron chi connectivity index (χ3n) is 2.33. The third kappa shape index (κ3) is 4.02. The number of hydrogen-bond acceptors (Lipinski definition) is 4. The van der Waals surface area contributed by atoms with Gasteiger partial charge in [-0.1, -0.05) is 19.1 Å². The van der Waals surface area contributed by atoms with Gasteiger partial charge in [0.05, 0.1) is 17.9 Å². The van der Waals surface area contributed by atoms with Crippen molar-refractivity contribution in [3.8, 4) is 0 Å². The molecule has 0 saturated carbocycles. The van der Waals surface area contributed by atoms with E-state index in [0.717, 1.165) is 5.56 Å².